The molecule has 4 rings (SSSR count). The van der Waals surface area contributed by atoms with Crippen LogP contribution in [0.25, 0.3) is 0 Å². The van der Waals surface area contributed by atoms with Gasteiger partial charge < -0.3 is 10.1 Å². The van der Waals surface area contributed by atoms with E-state index in [2.05, 4.69) is 5.32 Å². The molecule has 0 radical (unpaired) electrons. The fourth-order valence-corrected chi connectivity index (χ4v) is 5.39. The first-order chi connectivity index (χ1) is 17.8. The van der Waals surface area contributed by atoms with E-state index in [0.29, 0.717) is 0 Å². The highest BCUT2D eigenvalue weighted by molar-refractivity contribution is 7.86. The predicted octanol–water partition coefficient (Wildman–Crippen LogP) is 4.69. The first kappa shape index (κ1) is 26.6. The monoisotopic (exact) mass is 521 g/mol. The topological polar surface area (TPSA) is 98.8 Å². The fraction of sp³-hybridized carbons (Fsp3) is 0.310. The number of esters is 1. The van der Waals surface area contributed by atoms with E-state index in [1.807, 2.05) is 6.92 Å². The van der Waals surface area contributed by atoms with Crippen molar-refractivity contribution in [2.45, 2.75) is 55.4 Å². The highest BCUT2D eigenvalue weighted by Crippen LogP contribution is 2.31. The number of nitrogens with one attached hydrogen (secondary N) is 1. The van der Waals surface area contributed by atoms with Crippen LogP contribution in [-0.4, -0.2) is 32.9 Å². The number of ether oxygens (including phenoxy) is 1. The van der Waals surface area contributed by atoms with Gasteiger partial charge in [-0.05, 0) is 49.6 Å². The molecule has 0 aliphatic heterocycles. The van der Waals surface area contributed by atoms with Gasteiger partial charge in [-0.25, -0.2) is 0 Å². The zero-order chi connectivity index (χ0) is 26.3. The van der Waals surface area contributed by atoms with Gasteiger partial charge in [-0.2, -0.15) is 8.42 Å². The number of amides is 1. The molecule has 194 valence electrons. The third-order valence-electron chi connectivity index (χ3n) is 6.64. The number of carbonyl (C=O) groups is 2. The van der Waals surface area contributed by atoms with E-state index in [1.54, 1.807) is 72.8 Å². The first-order valence-corrected chi connectivity index (χ1v) is 13.8. The summed E-state index contributed by atoms with van der Waals surface area (Å²) >= 11 is 0. The first-order valence-electron chi connectivity index (χ1n) is 12.4. The van der Waals surface area contributed by atoms with E-state index in [4.69, 9.17) is 8.92 Å². The van der Waals surface area contributed by atoms with E-state index in [9.17, 15) is 18.0 Å². The van der Waals surface area contributed by atoms with Gasteiger partial charge in [0.15, 0.2) is 5.41 Å². The maximum Gasteiger partial charge on any atom is 0.334 e. The molecule has 1 saturated carbocycles. The van der Waals surface area contributed by atoms with Gasteiger partial charge in [0.05, 0.1) is 11.5 Å². The molecule has 8 heteroatoms. The van der Waals surface area contributed by atoms with Gasteiger partial charge in [-0.15, -0.1) is 0 Å². The van der Waals surface area contributed by atoms with Crippen molar-refractivity contribution < 1.29 is 26.9 Å². The van der Waals surface area contributed by atoms with E-state index < -0.39 is 34.0 Å². The SMILES string of the molecule is Cc1ccc(S(=O)(=O)OCC(C(=O)NC2CCCCC2)(C(=O)Oc2ccccc2)c2ccccc2)cc1. The van der Waals surface area contributed by atoms with Gasteiger partial charge in [-0.1, -0.05) is 85.5 Å². The Kier molecular flexibility index (Phi) is 8.41. The summed E-state index contributed by atoms with van der Waals surface area (Å²) in [4.78, 5) is 27.8. The predicted molar refractivity (Wildman–Crippen MR) is 140 cm³/mol. The lowest BCUT2D eigenvalue weighted by Crippen LogP contribution is -2.57. The van der Waals surface area contributed by atoms with Crippen molar-refractivity contribution in [3.63, 3.8) is 0 Å². The maximum atomic E-state index is 14.0. The zero-order valence-corrected chi connectivity index (χ0v) is 21.6. The Balaban J connectivity index is 1.74. The lowest BCUT2D eigenvalue weighted by atomic mass is 9.79. The third-order valence-corrected chi connectivity index (χ3v) is 7.91. The standard InChI is InChI=1S/C29H31NO6S/c1-22-17-19-26(20-18-22)37(33,34)35-21-29(23-11-5-2-6-12-23,27(31)30-24-13-7-3-8-14-24)28(32)36-25-15-9-4-10-16-25/h2,4-6,9-12,15-20,24H,3,7-8,13-14,21H2,1H3,(H,30,31). The molecular formula is C29H31NO6S. The van der Waals surface area contributed by atoms with E-state index in [0.717, 1.165) is 37.7 Å². The summed E-state index contributed by atoms with van der Waals surface area (Å²) in [6, 6.07) is 22.7. The minimum absolute atomic E-state index is 0.0656. The average Bonchev–Trinajstić information content (AvgIpc) is 2.91. The molecule has 1 fully saturated rings. The van der Waals surface area contributed by atoms with Gasteiger partial charge in [0.1, 0.15) is 5.75 Å². The number of aryl methyl sites for hydroxylation is 1. The smallest absolute Gasteiger partial charge is 0.334 e. The normalized spacial score (nSPS) is 15.9. The molecule has 0 bridgehead atoms. The third kappa shape index (κ3) is 6.26. The molecule has 7 nitrogen and oxygen atoms in total. The number of benzene rings is 3. The second kappa shape index (κ2) is 11.7. The Morgan fingerprint density at radius 3 is 2.08 bits per heavy atom. The van der Waals surface area contributed by atoms with Gasteiger partial charge in [0.2, 0.25) is 5.91 Å². The van der Waals surface area contributed by atoms with Crippen molar-refractivity contribution >= 4 is 22.0 Å². The van der Waals surface area contributed by atoms with E-state index in [-0.39, 0.29) is 22.3 Å². The maximum absolute atomic E-state index is 14.0. The van der Waals surface area contributed by atoms with Crippen molar-refractivity contribution in [2.75, 3.05) is 6.61 Å². The molecule has 1 atom stereocenters. The van der Waals surface area contributed by atoms with Gasteiger partial charge in [0, 0.05) is 6.04 Å². The average molecular weight is 522 g/mol. The quantitative estimate of drug-likeness (QED) is 0.190. The Hall–Kier alpha value is -3.49. The van der Waals surface area contributed by atoms with Crippen LogP contribution < -0.4 is 10.1 Å². The number of hydrogen-bond acceptors (Lipinski definition) is 6. The fourth-order valence-electron chi connectivity index (χ4n) is 4.45. The molecule has 3 aromatic rings. The zero-order valence-electron chi connectivity index (χ0n) is 20.8. The molecular weight excluding hydrogens is 490 g/mol. The lowest BCUT2D eigenvalue weighted by Gasteiger charge is -2.33. The largest absolute Gasteiger partial charge is 0.425 e. The number of carbonyl (C=O) groups excluding carboxylic acids is 2. The summed E-state index contributed by atoms with van der Waals surface area (Å²) in [5.74, 6) is -1.33. The number of rotatable bonds is 9. The van der Waals surface area contributed by atoms with Gasteiger partial charge in [0.25, 0.3) is 10.1 Å². The lowest BCUT2D eigenvalue weighted by molar-refractivity contribution is -0.149. The van der Waals surface area contributed by atoms with Crippen molar-refractivity contribution in [1.29, 1.82) is 0 Å². The minimum atomic E-state index is -4.28. The van der Waals surface area contributed by atoms with Crippen LogP contribution in [0.3, 0.4) is 0 Å². The summed E-state index contributed by atoms with van der Waals surface area (Å²) < 4.78 is 37.3. The van der Waals surface area contributed by atoms with Crippen LogP contribution in [0.5, 0.6) is 5.75 Å². The van der Waals surface area contributed by atoms with Crippen LogP contribution in [0, 0.1) is 6.92 Å². The summed E-state index contributed by atoms with van der Waals surface area (Å²) in [6.07, 6.45) is 4.59. The van der Waals surface area contributed by atoms with Crippen LogP contribution >= 0.6 is 0 Å². The second-order valence-corrected chi connectivity index (χ2v) is 10.9. The van der Waals surface area contributed by atoms with E-state index >= 15 is 0 Å². The van der Waals surface area contributed by atoms with Crippen molar-refractivity contribution in [1.82, 2.24) is 5.32 Å². The highest BCUT2D eigenvalue weighted by Gasteiger charge is 2.51. The number of hydrogen-bond donors (Lipinski definition) is 1. The molecule has 0 spiro atoms. The summed E-state index contributed by atoms with van der Waals surface area (Å²) in [5, 5.41) is 2.99. The summed E-state index contributed by atoms with van der Waals surface area (Å²) in [5.41, 5.74) is -0.897. The van der Waals surface area contributed by atoms with Crippen LogP contribution in [-0.2, 0) is 29.3 Å². The molecule has 0 aromatic heterocycles. The Morgan fingerprint density at radius 2 is 1.46 bits per heavy atom. The van der Waals surface area contributed by atoms with Crippen LogP contribution in [0.15, 0.2) is 89.8 Å². The molecule has 1 unspecified atom stereocenters. The summed E-state index contributed by atoms with van der Waals surface area (Å²) in [6.45, 7) is 1.09. The van der Waals surface area contributed by atoms with Crippen LogP contribution in [0.1, 0.15) is 43.2 Å². The van der Waals surface area contributed by atoms with Gasteiger partial charge >= 0.3 is 5.97 Å². The molecule has 1 aliphatic rings. The highest BCUT2D eigenvalue weighted by atomic mass is 32.2. The van der Waals surface area contributed by atoms with Crippen molar-refractivity contribution in [2.24, 2.45) is 0 Å². The molecule has 0 heterocycles. The van der Waals surface area contributed by atoms with Gasteiger partial charge in [-0.3, -0.25) is 13.8 Å². The van der Waals surface area contributed by atoms with Crippen molar-refractivity contribution in [3.8, 4) is 5.75 Å². The molecule has 3 aromatic carbocycles. The minimum Gasteiger partial charge on any atom is -0.425 e. The van der Waals surface area contributed by atoms with E-state index in [1.165, 1.54) is 12.1 Å². The Bertz CT molecular complexity index is 1300. The van der Waals surface area contributed by atoms with Crippen LogP contribution in [0.4, 0.5) is 0 Å². The molecule has 1 amide bonds. The van der Waals surface area contributed by atoms with Crippen molar-refractivity contribution in [3.05, 3.63) is 96.1 Å². The Morgan fingerprint density at radius 1 is 0.865 bits per heavy atom. The second-order valence-electron chi connectivity index (χ2n) is 9.31. The molecule has 1 N–H and O–H groups in total. The Labute approximate surface area is 217 Å². The number of para-hydroxylation sites is 1. The molecule has 1 aliphatic carbocycles. The summed E-state index contributed by atoms with van der Waals surface area (Å²) in [7, 11) is -4.28. The molecule has 37 heavy (non-hydrogen) atoms. The van der Waals surface area contributed by atoms with Crippen LogP contribution in [0.2, 0.25) is 0 Å². The molecule has 0 saturated heterocycles.